The number of carbonyl (C=O) groups excluding carboxylic acids is 2. The van der Waals surface area contributed by atoms with Gasteiger partial charge in [-0.15, -0.1) is 0 Å². The summed E-state index contributed by atoms with van der Waals surface area (Å²) in [5, 5.41) is 6.02. The van der Waals surface area contributed by atoms with E-state index >= 15 is 0 Å². The second kappa shape index (κ2) is 10.3. The molecule has 5 nitrogen and oxygen atoms in total. The van der Waals surface area contributed by atoms with Gasteiger partial charge in [0, 0.05) is 37.5 Å². The monoisotopic (exact) mass is 365 g/mol. The number of nitrogens with one attached hydrogen (secondary N) is 2. The maximum absolute atomic E-state index is 12.2. The van der Waals surface area contributed by atoms with Crippen LogP contribution in [-0.2, 0) is 9.59 Å². The molecule has 0 bridgehead atoms. The van der Waals surface area contributed by atoms with Crippen LogP contribution < -0.4 is 10.6 Å². The Morgan fingerprint density at radius 2 is 1.77 bits per heavy atom. The number of rotatable bonds is 8. The molecule has 1 saturated carbocycles. The molecule has 0 aromatic carbocycles. The van der Waals surface area contributed by atoms with Crippen molar-refractivity contribution in [1.29, 1.82) is 0 Å². The van der Waals surface area contributed by atoms with Gasteiger partial charge in [0.05, 0.1) is 0 Å². The highest BCUT2D eigenvalue weighted by Crippen LogP contribution is 2.25. The summed E-state index contributed by atoms with van der Waals surface area (Å²) >= 11 is 0. The van der Waals surface area contributed by atoms with Crippen molar-refractivity contribution < 1.29 is 9.59 Å². The number of hydrogen-bond donors (Lipinski definition) is 2. The van der Waals surface area contributed by atoms with Crippen molar-refractivity contribution in [2.45, 2.75) is 84.1 Å². The van der Waals surface area contributed by atoms with Gasteiger partial charge in [0.15, 0.2) is 0 Å². The van der Waals surface area contributed by atoms with E-state index in [4.69, 9.17) is 0 Å². The highest BCUT2D eigenvalue weighted by atomic mass is 16.2. The summed E-state index contributed by atoms with van der Waals surface area (Å²) in [5.41, 5.74) is -0.0190. The number of nitrogens with zero attached hydrogens (tertiary/aromatic N) is 1. The Balaban J connectivity index is 1.64. The topological polar surface area (TPSA) is 61.4 Å². The minimum Gasteiger partial charge on any atom is -0.355 e. The molecular formula is C21H39N3O2. The Kier molecular flexibility index (Phi) is 8.39. The van der Waals surface area contributed by atoms with Crippen molar-refractivity contribution in [3.05, 3.63) is 0 Å². The zero-order valence-electron chi connectivity index (χ0n) is 17.1. The van der Waals surface area contributed by atoms with Gasteiger partial charge in [-0.1, -0.05) is 32.6 Å². The third kappa shape index (κ3) is 6.57. The lowest BCUT2D eigenvalue weighted by atomic mass is 9.89. The molecule has 150 valence electrons. The first-order valence-electron chi connectivity index (χ1n) is 10.7. The lowest BCUT2D eigenvalue weighted by Crippen LogP contribution is -2.55. The Morgan fingerprint density at radius 1 is 1.04 bits per heavy atom. The van der Waals surface area contributed by atoms with Crippen molar-refractivity contribution >= 4 is 11.8 Å². The molecule has 1 aliphatic heterocycles. The fourth-order valence-corrected chi connectivity index (χ4v) is 4.27. The van der Waals surface area contributed by atoms with Crippen molar-refractivity contribution in [2.24, 2.45) is 11.8 Å². The van der Waals surface area contributed by atoms with E-state index in [1.165, 1.54) is 25.7 Å². The standard InChI is InChI=1S/C21H39N3O2/c1-4-17-9-8-14-24(15-17)21(2,3)16-23-19(25)12-13-22-20(26)18-10-6-5-7-11-18/h17-18H,4-16H2,1-3H3,(H,22,26)(H,23,25). The first kappa shape index (κ1) is 21.2. The number of amides is 2. The van der Waals surface area contributed by atoms with Crippen LogP contribution in [0.25, 0.3) is 0 Å². The third-order valence-corrected chi connectivity index (χ3v) is 6.30. The second-order valence-electron chi connectivity index (χ2n) is 8.83. The van der Waals surface area contributed by atoms with Gasteiger partial charge in [0.25, 0.3) is 0 Å². The van der Waals surface area contributed by atoms with Gasteiger partial charge in [-0.05, 0) is 52.0 Å². The average molecular weight is 366 g/mol. The number of likely N-dealkylation sites (tertiary alicyclic amines) is 1. The van der Waals surface area contributed by atoms with Crippen LogP contribution in [0.15, 0.2) is 0 Å². The summed E-state index contributed by atoms with van der Waals surface area (Å²) in [6.07, 6.45) is 9.75. The summed E-state index contributed by atoms with van der Waals surface area (Å²) in [6, 6.07) is 0. The quantitative estimate of drug-likeness (QED) is 0.695. The first-order chi connectivity index (χ1) is 12.4. The first-order valence-corrected chi connectivity index (χ1v) is 10.7. The minimum atomic E-state index is -0.0190. The van der Waals surface area contributed by atoms with Crippen LogP contribution in [0.3, 0.4) is 0 Å². The molecule has 1 heterocycles. The predicted octanol–water partition coefficient (Wildman–Crippen LogP) is 3.09. The van der Waals surface area contributed by atoms with Crippen LogP contribution in [0.5, 0.6) is 0 Å². The highest BCUT2D eigenvalue weighted by Gasteiger charge is 2.31. The molecular weight excluding hydrogens is 326 g/mol. The van der Waals surface area contributed by atoms with Crippen molar-refractivity contribution in [2.75, 3.05) is 26.2 Å². The van der Waals surface area contributed by atoms with E-state index in [0.717, 1.165) is 44.7 Å². The van der Waals surface area contributed by atoms with E-state index in [9.17, 15) is 9.59 Å². The fraction of sp³-hybridized carbons (Fsp3) is 0.905. The van der Waals surface area contributed by atoms with Crippen molar-refractivity contribution in [1.82, 2.24) is 15.5 Å². The van der Waals surface area contributed by atoms with Crippen LogP contribution in [0.1, 0.15) is 78.6 Å². The predicted molar refractivity (Wildman–Crippen MR) is 106 cm³/mol. The maximum atomic E-state index is 12.2. The Morgan fingerprint density at radius 3 is 2.46 bits per heavy atom. The number of carbonyl (C=O) groups is 2. The van der Waals surface area contributed by atoms with Crippen LogP contribution in [0.4, 0.5) is 0 Å². The molecule has 1 saturated heterocycles. The lowest BCUT2D eigenvalue weighted by Gasteiger charge is -2.43. The Bertz CT molecular complexity index is 458. The molecule has 2 fully saturated rings. The third-order valence-electron chi connectivity index (χ3n) is 6.30. The average Bonchev–Trinajstić information content (AvgIpc) is 2.67. The molecule has 0 aromatic rings. The van der Waals surface area contributed by atoms with Gasteiger partial charge in [0.1, 0.15) is 0 Å². The maximum Gasteiger partial charge on any atom is 0.223 e. The van der Waals surface area contributed by atoms with Crippen LogP contribution in [-0.4, -0.2) is 48.4 Å². The van der Waals surface area contributed by atoms with E-state index in [1.54, 1.807) is 0 Å². The van der Waals surface area contributed by atoms with Gasteiger partial charge in [-0.3, -0.25) is 14.5 Å². The summed E-state index contributed by atoms with van der Waals surface area (Å²) < 4.78 is 0. The lowest BCUT2D eigenvalue weighted by molar-refractivity contribution is -0.126. The molecule has 0 radical (unpaired) electrons. The van der Waals surface area contributed by atoms with E-state index in [-0.39, 0.29) is 23.3 Å². The van der Waals surface area contributed by atoms with E-state index < -0.39 is 0 Å². The summed E-state index contributed by atoms with van der Waals surface area (Å²) in [4.78, 5) is 26.8. The SMILES string of the molecule is CCC1CCCN(C(C)(C)CNC(=O)CCNC(=O)C2CCCCC2)C1. The zero-order valence-corrected chi connectivity index (χ0v) is 17.1. The van der Waals surface area contributed by atoms with Crippen LogP contribution in [0.2, 0.25) is 0 Å². The van der Waals surface area contributed by atoms with Gasteiger partial charge in [-0.25, -0.2) is 0 Å². The molecule has 0 aromatic heterocycles. The van der Waals surface area contributed by atoms with Crippen LogP contribution in [0, 0.1) is 11.8 Å². The molecule has 1 atom stereocenters. The van der Waals surface area contributed by atoms with Gasteiger partial charge >= 0.3 is 0 Å². The normalized spacial score (nSPS) is 22.8. The molecule has 1 aliphatic carbocycles. The molecule has 5 heteroatoms. The molecule has 2 N–H and O–H groups in total. The van der Waals surface area contributed by atoms with E-state index in [1.807, 2.05) is 0 Å². The molecule has 2 aliphatic rings. The number of hydrogen-bond acceptors (Lipinski definition) is 3. The van der Waals surface area contributed by atoms with Crippen LogP contribution >= 0.6 is 0 Å². The molecule has 2 amide bonds. The Hall–Kier alpha value is -1.10. The highest BCUT2D eigenvalue weighted by molar-refractivity contribution is 5.80. The molecule has 2 rings (SSSR count). The summed E-state index contributed by atoms with van der Waals surface area (Å²) in [6.45, 7) is 10.1. The van der Waals surface area contributed by atoms with E-state index in [0.29, 0.717) is 19.5 Å². The van der Waals surface area contributed by atoms with Gasteiger partial charge < -0.3 is 10.6 Å². The van der Waals surface area contributed by atoms with Crippen molar-refractivity contribution in [3.8, 4) is 0 Å². The van der Waals surface area contributed by atoms with E-state index in [2.05, 4.69) is 36.3 Å². The minimum absolute atomic E-state index is 0.0190. The van der Waals surface area contributed by atoms with Gasteiger partial charge in [0.2, 0.25) is 11.8 Å². The molecule has 0 spiro atoms. The Labute approximate surface area is 159 Å². The largest absolute Gasteiger partial charge is 0.355 e. The molecule has 1 unspecified atom stereocenters. The summed E-state index contributed by atoms with van der Waals surface area (Å²) in [5.74, 6) is 1.12. The number of piperidine rings is 1. The smallest absolute Gasteiger partial charge is 0.223 e. The molecule has 26 heavy (non-hydrogen) atoms. The van der Waals surface area contributed by atoms with Crippen molar-refractivity contribution in [3.63, 3.8) is 0 Å². The summed E-state index contributed by atoms with van der Waals surface area (Å²) in [7, 11) is 0. The van der Waals surface area contributed by atoms with Gasteiger partial charge in [-0.2, -0.15) is 0 Å². The zero-order chi connectivity index (χ0) is 19.0. The fourth-order valence-electron chi connectivity index (χ4n) is 4.27. The second-order valence-corrected chi connectivity index (χ2v) is 8.83.